The van der Waals surface area contributed by atoms with Gasteiger partial charge in [-0.3, -0.25) is 0 Å². The lowest BCUT2D eigenvalue weighted by Crippen LogP contribution is -2.01. The van der Waals surface area contributed by atoms with Gasteiger partial charge in [-0.05, 0) is 13.3 Å². The van der Waals surface area contributed by atoms with Crippen molar-refractivity contribution in [3.05, 3.63) is 11.8 Å². The minimum atomic E-state index is 1.22. The van der Waals surface area contributed by atoms with E-state index in [9.17, 15) is 0 Å². The van der Waals surface area contributed by atoms with Gasteiger partial charge in [0.15, 0.2) is 0 Å². The first-order valence-corrected chi connectivity index (χ1v) is 3.41. The van der Waals surface area contributed by atoms with Crippen molar-refractivity contribution in [2.24, 2.45) is 0 Å². The van der Waals surface area contributed by atoms with Crippen LogP contribution in [0.1, 0.15) is 13.3 Å². The van der Waals surface area contributed by atoms with Crippen molar-refractivity contribution >= 4 is 11.9 Å². The van der Waals surface area contributed by atoms with E-state index in [4.69, 9.17) is 0 Å². The molecule has 0 saturated carbocycles. The minimum absolute atomic E-state index is 1.22. The Hall–Kier alpha value is -0.110. The van der Waals surface area contributed by atoms with Gasteiger partial charge in [-0.1, -0.05) is 17.5 Å². The van der Waals surface area contributed by atoms with E-state index in [1.165, 1.54) is 17.7 Å². The predicted molar refractivity (Wildman–Crippen MR) is 34.0 cm³/mol. The molecule has 0 fully saturated rings. The van der Waals surface area contributed by atoms with E-state index in [0.717, 1.165) is 0 Å². The molecule has 2 heteroatoms. The highest BCUT2D eigenvalue weighted by atomic mass is 32.2. The van der Waals surface area contributed by atoms with Crippen molar-refractivity contribution in [3.63, 3.8) is 0 Å². The van der Waals surface area contributed by atoms with E-state index in [1.807, 2.05) is 0 Å². The Balaban J connectivity index is 2.40. The van der Waals surface area contributed by atoms with Crippen LogP contribution < -0.4 is 4.72 Å². The SMILES string of the molecule is CC1=CNSCC1. The number of rotatable bonds is 0. The summed E-state index contributed by atoms with van der Waals surface area (Å²) in [5.74, 6) is 1.22. The number of hydrogen-bond acceptors (Lipinski definition) is 2. The smallest absolute Gasteiger partial charge is 0.0170 e. The van der Waals surface area contributed by atoms with Crippen LogP contribution in [0.25, 0.3) is 0 Å². The van der Waals surface area contributed by atoms with Crippen molar-refractivity contribution in [3.8, 4) is 0 Å². The highest BCUT2D eigenvalue weighted by molar-refractivity contribution is 7.97. The zero-order chi connectivity index (χ0) is 5.11. The topological polar surface area (TPSA) is 12.0 Å². The predicted octanol–water partition coefficient (Wildman–Crippen LogP) is 1.53. The summed E-state index contributed by atoms with van der Waals surface area (Å²) in [7, 11) is 0. The van der Waals surface area contributed by atoms with Gasteiger partial charge in [0.2, 0.25) is 0 Å². The van der Waals surface area contributed by atoms with Crippen LogP contribution in [0.15, 0.2) is 11.8 Å². The van der Waals surface area contributed by atoms with Crippen LogP contribution in [0.2, 0.25) is 0 Å². The zero-order valence-electron chi connectivity index (χ0n) is 4.40. The lowest BCUT2D eigenvalue weighted by molar-refractivity contribution is 1.06. The second-order valence-electron chi connectivity index (χ2n) is 1.71. The maximum absolute atomic E-state index is 3.09. The number of nitrogens with one attached hydrogen (secondary N) is 1. The molecule has 0 aromatic heterocycles. The van der Waals surface area contributed by atoms with Gasteiger partial charge in [-0.2, -0.15) is 0 Å². The summed E-state index contributed by atoms with van der Waals surface area (Å²) in [6.45, 7) is 2.15. The summed E-state index contributed by atoms with van der Waals surface area (Å²) in [6.07, 6.45) is 3.31. The molecule has 0 bridgehead atoms. The number of allylic oxidation sites excluding steroid dienone is 1. The third-order valence-electron chi connectivity index (χ3n) is 0.987. The molecule has 1 N–H and O–H groups in total. The van der Waals surface area contributed by atoms with Gasteiger partial charge in [-0.25, -0.2) is 0 Å². The first-order valence-electron chi connectivity index (χ1n) is 2.42. The highest BCUT2D eigenvalue weighted by Gasteiger charge is 1.94. The second-order valence-corrected chi connectivity index (χ2v) is 2.64. The lowest BCUT2D eigenvalue weighted by atomic mass is 10.3. The molecule has 0 atom stereocenters. The Morgan fingerprint density at radius 2 is 2.71 bits per heavy atom. The van der Waals surface area contributed by atoms with E-state index in [0.29, 0.717) is 0 Å². The largest absolute Gasteiger partial charge is 0.337 e. The van der Waals surface area contributed by atoms with Crippen LogP contribution in [-0.2, 0) is 0 Å². The van der Waals surface area contributed by atoms with Crippen LogP contribution in [0.5, 0.6) is 0 Å². The summed E-state index contributed by atoms with van der Waals surface area (Å²) in [5, 5.41) is 0. The van der Waals surface area contributed by atoms with Crippen LogP contribution in [0.4, 0.5) is 0 Å². The van der Waals surface area contributed by atoms with Crippen molar-refractivity contribution in [1.82, 2.24) is 4.72 Å². The Kier molecular flexibility index (Phi) is 1.63. The van der Waals surface area contributed by atoms with Crippen molar-refractivity contribution in [2.75, 3.05) is 5.75 Å². The first kappa shape index (κ1) is 5.04. The van der Waals surface area contributed by atoms with E-state index in [-0.39, 0.29) is 0 Å². The van der Waals surface area contributed by atoms with Gasteiger partial charge >= 0.3 is 0 Å². The highest BCUT2D eigenvalue weighted by Crippen LogP contribution is 2.10. The van der Waals surface area contributed by atoms with Crippen molar-refractivity contribution in [2.45, 2.75) is 13.3 Å². The summed E-state index contributed by atoms with van der Waals surface area (Å²) in [6, 6.07) is 0. The maximum Gasteiger partial charge on any atom is 0.0170 e. The van der Waals surface area contributed by atoms with E-state index < -0.39 is 0 Å². The molecule has 1 aliphatic heterocycles. The molecule has 7 heavy (non-hydrogen) atoms. The van der Waals surface area contributed by atoms with Crippen molar-refractivity contribution in [1.29, 1.82) is 0 Å². The first-order chi connectivity index (χ1) is 3.39. The Bertz CT molecular complexity index is 88.1. The molecular formula is C5H9NS. The van der Waals surface area contributed by atoms with Gasteiger partial charge in [0, 0.05) is 12.0 Å². The third-order valence-corrected chi connectivity index (χ3v) is 1.68. The summed E-state index contributed by atoms with van der Waals surface area (Å²) < 4.78 is 3.09. The molecule has 40 valence electrons. The van der Waals surface area contributed by atoms with Crippen molar-refractivity contribution < 1.29 is 0 Å². The average molecular weight is 115 g/mol. The summed E-state index contributed by atoms with van der Waals surface area (Å²) in [5.41, 5.74) is 1.46. The standard InChI is InChI=1S/C5H9NS/c1-5-2-3-7-6-4-5/h4,6H,2-3H2,1H3. The Labute approximate surface area is 48.3 Å². The monoisotopic (exact) mass is 115 g/mol. The van der Waals surface area contributed by atoms with Gasteiger partial charge in [0.1, 0.15) is 0 Å². The van der Waals surface area contributed by atoms with Gasteiger partial charge in [-0.15, -0.1) is 0 Å². The molecule has 1 aliphatic rings. The van der Waals surface area contributed by atoms with Crippen LogP contribution in [0.3, 0.4) is 0 Å². The Morgan fingerprint density at radius 3 is 3.00 bits per heavy atom. The molecule has 1 heterocycles. The quantitative estimate of drug-likeness (QED) is 0.480. The maximum atomic E-state index is 3.09. The molecule has 0 aromatic carbocycles. The van der Waals surface area contributed by atoms with Gasteiger partial charge < -0.3 is 4.72 Å². The zero-order valence-corrected chi connectivity index (χ0v) is 5.22. The average Bonchev–Trinajstić information content (AvgIpc) is 1.69. The van der Waals surface area contributed by atoms with Crippen LogP contribution in [-0.4, -0.2) is 5.75 Å². The second kappa shape index (κ2) is 2.26. The fourth-order valence-electron chi connectivity index (χ4n) is 0.485. The number of hydrogen-bond donors (Lipinski definition) is 1. The summed E-state index contributed by atoms with van der Waals surface area (Å²) in [4.78, 5) is 0. The van der Waals surface area contributed by atoms with Crippen LogP contribution in [0, 0.1) is 0 Å². The molecule has 0 amide bonds. The molecule has 0 saturated heterocycles. The van der Waals surface area contributed by atoms with Crippen LogP contribution >= 0.6 is 11.9 Å². The van der Waals surface area contributed by atoms with Gasteiger partial charge in [0.25, 0.3) is 0 Å². The van der Waals surface area contributed by atoms with E-state index in [2.05, 4.69) is 17.8 Å². The minimum Gasteiger partial charge on any atom is -0.337 e. The molecule has 1 nitrogen and oxygen atoms in total. The van der Waals surface area contributed by atoms with E-state index in [1.54, 1.807) is 11.9 Å². The molecule has 0 unspecified atom stereocenters. The fraction of sp³-hybridized carbons (Fsp3) is 0.600. The summed E-state index contributed by atoms with van der Waals surface area (Å²) >= 11 is 1.77. The van der Waals surface area contributed by atoms with Gasteiger partial charge in [0.05, 0.1) is 0 Å². The lowest BCUT2D eigenvalue weighted by Gasteiger charge is -2.07. The fourth-order valence-corrected chi connectivity index (χ4v) is 1.31. The molecule has 0 aromatic rings. The third kappa shape index (κ3) is 1.43. The molecule has 1 rings (SSSR count). The molecule has 0 aliphatic carbocycles. The normalized spacial score (nSPS) is 20.4. The molecular weight excluding hydrogens is 106 g/mol. The molecule has 0 radical (unpaired) electrons. The molecule has 0 spiro atoms. The van der Waals surface area contributed by atoms with E-state index >= 15 is 0 Å². The Morgan fingerprint density at radius 1 is 1.86 bits per heavy atom.